The largest absolute Gasteiger partial charge is 0.382 e. The third kappa shape index (κ3) is 2.38. The Kier molecular flexibility index (Phi) is 3.61. The van der Waals surface area contributed by atoms with E-state index in [1.807, 2.05) is 12.1 Å². The predicted molar refractivity (Wildman–Crippen MR) is 85.0 cm³/mol. The Morgan fingerprint density at radius 2 is 2.05 bits per heavy atom. The molecule has 2 atom stereocenters. The van der Waals surface area contributed by atoms with E-state index in [0.717, 1.165) is 23.6 Å². The highest BCUT2D eigenvalue weighted by Gasteiger charge is 2.27. The minimum Gasteiger partial charge on any atom is -0.382 e. The molecule has 0 amide bonds. The third-order valence-corrected chi connectivity index (χ3v) is 4.97. The van der Waals surface area contributed by atoms with Crippen LogP contribution in [0.15, 0.2) is 24.5 Å². The van der Waals surface area contributed by atoms with E-state index in [1.54, 1.807) is 12.4 Å². The van der Waals surface area contributed by atoms with Gasteiger partial charge in [-0.2, -0.15) is 4.37 Å². The van der Waals surface area contributed by atoms with Crippen molar-refractivity contribution in [3.63, 3.8) is 0 Å². The van der Waals surface area contributed by atoms with Crippen LogP contribution in [0.3, 0.4) is 0 Å². The summed E-state index contributed by atoms with van der Waals surface area (Å²) in [5.41, 5.74) is 8.28. The quantitative estimate of drug-likeness (QED) is 0.920. The van der Waals surface area contributed by atoms with Gasteiger partial charge in [0, 0.05) is 25.0 Å². The fraction of sp³-hybridized carbons (Fsp3) is 0.467. The van der Waals surface area contributed by atoms with Crippen LogP contribution < -0.4 is 10.6 Å². The molecule has 4 nitrogen and oxygen atoms in total. The molecular formula is C15H20N4S. The van der Waals surface area contributed by atoms with Crippen molar-refractivity contribution in [3.8, 4) is 11.1 Å². The second-order valence-electron chi connectivity index (χ2n) is 5.66. The first-order valence-corrected chi connectivity index (χ1v) is 7.86. The van der Waals surface area contributed by atoms with Crippen LogP contribution in [0.1, 0.15) is 26.7 Å². The zero-order valence-corrected chi connectivity index (χ0v) is 12.7. The molecule has 1 aliphatic rings. The fourth-order valence-corrected chi connectivity index (χ4v) is 3.95. The van der Waals surface area contributed by atoms with E-state index in [0.29, 0.717) is 11.9 Å². The predicted octanol–water partition coefficient (Wildman–Crippen LogP) is 3.41. The summed E-state index contributed by atoms with van der Waals surface area (Å²) in [5, 5.41) is 1.20. The maximum Gasteiger partial charge on any atom is 0.147 e. The number of piperidine rings is 1. The van der Waals surface area contributed by atoms with Crippen LogP contribution in [-0.4, -0.2) is 21.9 Å². The summed E-state index contributed by atoms with van der Waals surface area (Å²) in [6, 6.07) is 4.54. The molecule has 0 saturated carbocycles. The minimum atomic E-state index is 0.541. The van der Waals surface area contributed by atoms with Crippen molar-refractivity contribution in [1.29, 1.82) is 0 Å². The van der Waals surface area contributed by atoms with E-state index in [4.69, 9.17) is 5.73 Å². The summed E-state index contributed by atoms with van der Waals surface area (Å²) in [6.07, 6.45) is 6.07. The van der Waals surface area contributed by atoms with Gasteiger partial charge in [-0.05, 0) is 54.9 Å². The molecule has 20 heavy (non-hydrogen) atoms. The number of nitrogens with two attached hydrogens (primary N) is 1. The molecule has 3 heterocycles. The average molecular weight is 288 g/mol. The number of hydrogen-bond donors (Lipinski definition) is 1. The van der Waals surface area contributed by atoms with Crippen molar-refractivity contribution >= 4 is 22.4 Å². The van der Waals surface area contributed by atoms with Gasteiger partial charge in [0.15, 0.2) is 0 Å². The van der Waals surface area contributed by atoms with Crippen molar-refractivity contribution < 1.29 is 0 Å². The second-order valence-corrected chi connectivity index (χ2v) is 6.41. The maximum absolute atomic E-state index is 6.11. The molecule has 1 saturated heterocycles. The first-order valence-electron chi connectivity index (χ1n) is 7.09. The van der Waals surface area contributed by atoms with Gasteiger partial charge < -0.3 is 10.6 Å². The van der Waals surface area contributed by atoms with Crippen molar-refractivity contribution in [2.24, 2.45) is 5.92 Å². The molecule has 1 aliphatic heterocycles. The van der Waals surface area contributed by atoms with Gasteiger partial charge in [-0.15, -0.1) is 0 Å². The maximum atomic E-state index is 6.11. The summed E-state index contributed by atoms with van der Waals surface area (Å²) in [6.45, 7) is 5.71. The van der Waals surface area contributed by atoms with Crippen LogP contribution in [0.2, 0.25) is 0 Å². The van der Waals surface area contributed by atoms with Gasteiger partial charge in [0.05, 0.1) is 5.56 Å². The summed E-state index contributed by atoms with van der Waals surface area (Å²) in [4.78, 5) is 6.54. The summed E-state index contributed by atoms with van der Waals surface area (Å²) >= 11 is 1.51. The first kappa shape index (κ1) is 13.4. The standard InChI is InChI=1S/C15H20N4S/c1-10-5-8-19(11(2)9-10)15-13(14(16)18-20-15)12-3-6-17-7-4-12/h3-4,6-7,10-11H,5,8-9H2,1-2H3,(H2,16,18). The van der Waals surface area contributed by atoms with Crippen LogP contribution in [0, 0.1) is 5.92 Å². The van der Waals surface area contributed by atoms with Gasteiger partial charge >= 0.3 is 0 Å². The van der Waals surface area contributed by atoms with Gasteiger partial charge in [0.25, 0.3) is 0 Å². The van der Waals surface area contributed by atoms with E-state index in [-0.39, 0.29) is 0 Å². The molecular weight excluding hydrogens is 268 g/mol. The van der Waals surface area contributed by atoms with E-state index in [9.17, 15) is 0 Å². The molecule has 0 aromatic carbocycles. The monoisotopic (exact) mass is 288 g/mol. The Bertz CT molecular complexity index is 581. The molecule has 106 valence electrons. The first-order chi connectivity index (χ1) is 9.66. The SMILES string of the molecule is CC1CCN(c2snc(N)c2-c2ccncc2)C(C)C1. The Balaban J connectivity index is 1.99. The summed E-state index contributed by atoms with van der Waals surface area (Å²) in [5.74, 6) is 1.43. The summed E-state index contributed by atoms with van der Waals surface area (Å²) in [7, 11) is 0. The highest BCUT2D eigenvalue weighted by atomic mass is 32.1. The normalized spacial score (nSPS) is 23.0. The molecule has 1 fully saturated rings. The lowest BCUT2D eigenvalue weighted by Crippen LogP contribution is -2.40. The van der Waals surface area contributed by atoms with Crippen molar-refractivity contribution in [1.82, 2.24) is 9.36 Å². The van der Waals surface area contributed by atoms with Crippen molar-refractivity contribution in [3.05, 3.63) is 24.5 Å². The van der Waals surface area contributed by atoms with Gasteiger partial charge in [0.1, 0.15) is 10.8 Å². The highest BCUT2D eigenvalue weighted by molar-refractivity contribution is 7.11. The Hall–Kier alpha value is -1.62. The van der Waals surface area contributed by atoms with Crippen molar-refractivity contribution in [2.45, 2.75) is 32.7 Å². The lowest BCUT2D eigenvalue weighted by Gasteiger charge is -2.37. The van der Waals surface area contributed by atoms with Gasteiger partial charge in [-0.3, -0.25) is 4.98 Å². The molecule has 2 aromatic rings. The molecule has 0 bridgehead atoms. The smallest absolute Gasteiger partial charge is 0.147 e. The van der Waals surface area contributed by atoms with Crippen LogP contribution in [0.5, 0.6) is 0 Å². The topological polar surface area (TPSA) is 55.0 Å². The number of hydrogen-bond acceptors (Lipinski definition) is 5. The highest BCUT2D eigenvalue weighted by Crippen LogP contribution is 2.41. The number of nitrogen functional groups attached to an aromatic ring is 1. The number of aromatic nitrogens is 2. The number of rotatable bonds is 2. The molecule has 2 aromatic heterocycles. The van der Waals surface area contributed by atoms with E-state index >= 15 is 0 Å². The minimum absolute atomic E-state index is 0.541. The molecule has 5 heteroatoms. The molecule has 2 unspecified atom stereocenters. The number of anilines is 2. The van der Waals surface area contributed by atoms with E-state index < -0.39 is 0 Å². The molecule has 0 spiro atoms. The molecule has 0 aliphatic carbocycles. The van der Waals surface area contributed by atoms with E-state index in [2.05, 4.69) is 28.1 Å². The molecule has 3 rings (SSSR count). The average Bonchev–Trinajstić information content (AvgIpc) is 2.81. The van der Waals surface area contributed by atoms with Crippen LogP contribution in [-0.2, 0) is 0 Å². The van der Waals surface area contributed by atoms with E-state index in [1.165, 1.54) is 29.4 Å². The zero-order valence-electron chi connectivity index (χ0n) is 11.9. The molecule has 2 N–H and O–H groups in total. The van der Waals surface area contributed by atoms with Gasteiger partial charge in [0.2, 0.25) is 0 Å². The van der Waals surface area contributed by atoms with Crippen LogP contribution >= 0.6 is 11.5 Å². The second kappa shape index (κ2) is 5.40. The lowest BCUT2D eigenvalue weighted by molar-refractivity contribution is 0.379. The Morgan fingerprint density at radius 3 is 2.75 bits per heavy atom. The van der Waals surface area contributed by atoms with Gasteiger partial charge in [-0.1, -0.05) is 6.92 Å². The number of pyridine rings is 1. The van der Waals surface area contributed by atoms with Crippen LogP contribution in [0.25, 0.3) is 11.1 Å². The molecule has 0 radical (unpaired) electrons. The fourth-order valence-electron chi connectivity index (χ4n) is 2.99. The third-order valence-electron chi connectivity index (χ3n) is 4.07. The van der Waals surface area contributed by atoms with Gasteiger partial charge in [-0.25, -0.2) is 0 Å². The van der Waals surface area contributed by atoms with Crippen molar-refractivity contribution in [2.75, 3.05) is 17.2 Å². The summed E-state index contributed by atoms with van der Waals surface area (Å²) < 4.78 is 4.38. The number of nitrogens with zero attached hydrogens (tertiary/aromatic N) is 3. The zero-order chi connectivity index (χ0) is 14.1. The lowest BCUT2D eigenvalue weighted by atomic mass is 9.93. The van der Waals surface area contributed by atoms with Crippen LogP contribution in [0.4, 0.5) is 10.8 Å². The Labute approximate surface area is 123 Å². The Morgan fingerprint density at radius 1 is 1.30 bits per heavy atom.